The van der Waals surface area contributed by atoms with Gasteiger partial charge < -0.3 is 4.74 Å². The van der Waals surface area contributed by atoms with Gasteiger partial charge in [0.15, 0.2) is 0 Å². The Morgan fingerprint density at radius 2 is 2.06 bits per heavy atom. The Labute approximate surface area is 100 Å². The van der Waals surface area contributed by atoms with Crippen molar-refractivity contribution in [3.63, 3.8) is 0 Å². The number of esters is 1. The van der Waals surface area contributed by atoms with E-state index in [0.29, 0.717) is 6.61 Å². The molecule has 1 aromatic rings. The Kier molecular flexibility index (Phi) is 3.24. The van der Waals surface area contributed by atoms with E-state index < -0.39 is 0 Å². The van der Waals surface area contributed by atoms with Gasteiger partial charge in [0.2, 0.25) is 0 Å². The SMILES string of the molecule is CSC1(C(C)c2ccccc2)CCOC1=O. The first-order chi connectivity index (χ1) is 7.70. The Hall–Kier alpha value is -0.960. The normalized spacial score (nSPS) is 26.5. The minimum Gasteiger partial charge on any atom is -0.465 e. The number of cyclic esters (lactones) is 1. The third-order valence-electron chi connectivity index (χ3n) is 3.42. The number of carbonyl (C=O) groups is 1. The van der Waals surface area contributed by atoms with E-state index in [9.17, 15) is 4.79 Å². The molecule has 2 atom stereocenters. The van der Waals surface area contributed by atoms with Crippen molar-refractivity contribution in [3.05, 3.63) is 35.9 Å². The van der Waals surface area contributed by atoms with Crippen molar-refractivity contribution < 1.29 is 9.53 Å². The molecule has 0 amide bonds. The molecular weight excluding hydrogens is 220 g/mol. The highest BCUT2D eigenvalue weighted by molar-refractivity contribution is 8.00. The fourth-order valence-electron chi connectivity index (χ4n) is 2.29. The van der Waals surface area contributed by atoms with Gasteiger partial charge in [0.1, 0.15) is 4.75 Å². The van der Waals surface area contributed by atoms with Crippen molar-refractivity contribution in [1.29, 1.82) is 0 Å². The van der Waals surface area contributed by atoms with Crippen molar-refractivity contribution in [2.24, 2.45) is 0 Å². The minimum absolute atomic E-state index is 0.0589. The first-order valence-electron chi connectivity index (χ1n) is 5.48. The molecule has 1 saturated heterocycles. The molecule has 1 aromatic carbocycles. The second-order valence-corrected chi connectivity index (χ2v) is 5.25. The smallest absolute Gasteiger partial charge is 0.322 e. The summed E-state index contributed by atoms with van der Waals surface area (Å²) < 4.78 is 4.76. The molecule has 3 heteroatoms. The summed E-state index contributed by atoms with van der Waals surface area (Å²) in [6, 6.07) is 10.2. The summed E-state index contributed by atoms with van der Waals surface area (Å²) in [7, 11) is 0. The number of thioether (sulfide) groups is 1. The van der Waals surface area contributed by atoms with Crippen molar-refractivity contribution in [2.45, 2.75) is 24.0 Å². The standard InChI is InChI=1S/C13H16O2S/c1-10(11-6-4-3-5-7-11)13(16-2)8-9-15-12(13)14/h3-7,10H,8-9H2,1-2H3. The maximum absolute atomic E-state index is 11.9. The quantitative estimate of drug-likeness (QED) is 0.755. The molecule has 0 saturated carbocycles. The molecule has 0 aliphatic carbocycles. The van der Waals surface area contributed by atoms with Crippen LogP contribution in [-0.2, 0) is 9.53 Å². The molecule has 0 radical (unpaired) electrons. The van der Waals surface area contributed by atoms with E-state index in [4.69, 9.17) is 4.74 Å². The van der Waals surface area contributed by atoms with Crippen LogP contribution in [0.1, 0.15) is 24.8 Å². The highest BCUT2D eigenvalue weighted by Crippen LogP contribution is 2.44. The van der Waals surface area contributed by atoms with Gasteiger partial charge in [-0.25, -0.2) is 0 Å². The van der Waals surface area contributed by atoms with Crippen LogP contribution in [0.25, 0.3) is 0 Å². The Balaban J connectivity index is 2.32. The van der Waals surface area contributed by atoms with Crippen LogP contribution >= 0.6 is 11.8 Å². The highest BCUT2D eigenvalue weighted by atomic mass is 32.2. The molecule has 2 nitrogen and oxygen atoms in total. The molecule has 0 aromatic heterocycles. The summed E-state index contributed by atoms with van der Waals surface area (Å²) in [6.07, 6.45) is 2.80. The van der Waals surface area contributed by atoms with E-state index in [-0.39, 0.29) is 16.6 Å². The maximum Gasteiger partial charge on any atom is 0.322 e. The molecule has 86 valence electrons. The van der Waals surface area contributed by atoms with E-state index in [1.807, 2.05) is 24.5 Å². The molecule has 0 bridgehead atoms. The number of benzene rings is 1. The van der Waals surface area contributed by atoms with Gasteiger partial charge in [0.25, 0.3) is 0 Å². The predicted octanol–water partition coefficient (Wildman–Crippen LogP) is 2.84. The molecule has 2 rings (SSSR count). The predicted molar refractivity (Wildman–Crippen MR) is 66.7 cm³/mol. The third kappa shape index (κ3) is 1.73. The van der Waals surface area contributed by atoms with Gasteiger partial charge in [-0.3, -0.25) is 4.79 Å². The van der Waals surface area contributed by atoms with Crippen LogP contribution in [0.5, 0.6) is 0 Å². The monoisotopic (exact) mass is 236 g/mol. The van der Waals surface area contributed by atoms with Gasteiger partial charge in [-0.2, -0.15) is 0 Å². The van der Waals surface area contributed by atoms with Crippen LogP contribution in [0, 0.1) is 0 Å². The molecular formula is C13H16O2S. The van der Waals surface area contributed by atoms with E-state index in [1.165, 1.54) is 5.56 Å². The van der Waals surface area contributed by atoms with Gasteiger partial charge >= 0.3 is 5.97 Å². The summed E-state index contributed by atoms with van der Waals surface area (Å²) in [5, 5.41) is 0. The summed E-state index contributed by atoms with van der Waals surface area (Å²) in [6.45, 7) is 2.66. The number of hydrogen-bond donors (Lipinski definition) is 0. The number of ether oxygens (including phenoxy) is 1. The first-order valence-corrected chi connectivity index (χ1v) is 6.70. The fourth-order valence-corrected chi connectivity index (χ4v) is 3.29. The maximum atomic E-state index is 11.9. The van der Waals surface area contributed by atoms with Crippen LogP contribution < -0.4 is 0 Å². The molecule has 0 N–H and O–H groups in total. The topological polar surface area (TPSA) is 26.3 Å². The summed E-state index contributed by atoms with van der Waals surface area (Å²) in [5.74, 6) is 0.134. The zero-order chi connectivity index (χ0) is 11.6. The molecule has 1 aliphatic heterocycles. The molecule has 16 heavy (non-hydrogen) atoms. The van der Waals surface area contributed by atoms with Crippen molar-refractivity contribution in [3.8, 4) is 0 Å². The molecule has 2 unspecified atom stereocenters. The van der Waals surface area contributed by atoms with Crippen molar-refractivity contribution >= 4 is 17.7 Å². The average molecular weight is 236 g/mol. The van der Waals surface area contributed by atoms with Crippen LogP contribution in [0.15, 0.2) is 30.3 Å². The Bertz CT molecular complexity index is 377. The largest absolute Gasteiger partial charge is 0.465 e. The lowest BCUT2D eigenvalue weighted by Gasteiger charge is -2.29. The first kappa shape index (κ1) is 11.5. The summed E-state index contributed by atoms with van der Waals surface area (Å²) >= 11 is 1.62. The summed E-state index contributed by atoms with van der Waals surface area (Å²) in [5.41, 5.74) is 1.20. The van der Waals surface area contributed by atoms with Crippen LogP contribution in [0.2, 0.25) is 0 Å². The molecule has 0 spiro atoms. The number of rotatable bonds is 3. The van der Waals surface area contributed by atoms with Gasteiger partial charge in [0, 0.05) is 12.3 Å². The number of hydrogen-bond acceptors (Lipinski definition) is 3. The summed E-state index contributed by atoms with van der Waals surface area (Å²) in [4.78, 5) is 11.9. The fraction of sp³-hybridized carbons (Fsp3) is 0.462. The molecule has 1 aliphatic rings. The Morgan fingerprint density at radius 1 is 1.38 bits per heavy atom. The lowest BCUT2D eigenvalue weighted by molar-refractivity contribution is -0.140. The second-order valence-electron chi connectivity index (χ2n) is 4.11. The van der Waals surface area contributed by atoms with E-state index in [0.717, 1.165) is 6.42 Å². The van der Waals surface area contributed by atoms with Gasteiger partial charge in [0.05, 0.1) is 6.61 Å². The van der Waals surface area contributed by atoms with Crippen LogP contribution in [0.3, 0.4) is 0 Å². The highest BCUT2D eigenvalue weighted by Gasteiger charge is 2.48. The average Bonchev–Trinajstić information content (AvgIpc) is 2.72. The van der Waals surface area contributed by atoms with Gasteiger partial charge in [-0.05, 0) is 11.8 Å². The van der Waals surface area contributed by atoms with E-state index in [1.54, 1.807) is 11.8 Å². The minimum atomic E-state index is -0.388. The lowest BCUT2D eigenvalue weighted by atomic mass is 9.86. The van der Waals surface area contributed by atoms with Crippen molar-refractivity contribution in [1.82, 2.24) is 0 Å². The Morgan fingerprint density at radius 3 is 2.56 bits per heavy atom. The molecule has 1 fully saturated rings. The van der Waals surface area contributed by atoms with Gasteiger partial charge in [-0.1, -0.05) is 37.3 Å². The lowest BCUT2D eigenvalue weighted by Crippen LogP contribution is -2.36. The van der Waals surface area contributed by atoms with E-state index >= 15 is 0 Å². The zero-order valence-electron chi connectivity index (χ0n) is 9.60. The third-order valence-corrected chi connectivity index (χ3v) is 4.87. The van der Waals surface area contributed by atoms with E-state index in [2.05, 4.69) is 19.1 Å². The van der Waals surface area contributed by atoms with Crippen LogP contribution in [0.4, 0.5) is 0 Å². The number of carbonyl (C=O) groups excluding carboxylic acids is 1. The zero-order valence-corrected chi connectivity index (χ0v) is 10.4. The van der Waals surface area contributed by atoms with Crippen LogP contribution in [-0.4, -0.2) is 23.6 Å². The second kappa shape index (κ2) is 4.50. The molecule has 1 heterocycles. The van der Waals surface area contributed by atoms with Gasteiger partial charge in [-0.15, -0.1) is 11.8 Å². The van der Waals surface area contributed by atoms with Crippen molar-refractivity contribution in [2.75, 3.05) is 12.9 Å².